The van der Waals surface area contributed by atoms with Crippen molar-refractivity contribution in [3.05, 3.63) is 41.2 Å². The minimum absolute atomic E-state index is 0.0928. The van der Waals surface area contributed by atoms with E-state index in [1.54, 1.807) is 0 Å². The van der Waals surface area contributed by atoms with E-state index in [0.29, 0.717) is 11.3 Å². The van der Waals surface area contributed by atoms with Gasteiger partial charge in [0.25, 0.3) is 0 Å². The SMILES string of the molecule is O=Cc1c(F)cncc1-n1cc(Cl)cn1. The predicted octanol–water partition coefficient (Wildman–Crippen LogP) is 1.87. The molecule has 6 heteroatoms. The Labute approximate surface area is 89.3 Å². The lowest BCUT2D eigenvalue weighted by Crippen LogP contribution is -2.02. The van der Waals surface area contributed by atoms with Gasteiger partial charge in [0, 0.05) is 6.20 Å². The topological polar surface area (TPSA) is 47.8 Å². The van der Waals surface area contributed by atoms with E-state index in [1.807, 2.05) is 0 Å². The second-order valence-electron chi connectivity index (χ2n) is 2.78. The fourth-order valence-electron chi connectivity index (χ4n) is 1.17. The molecule has 2 aromatic heterocycles. The third-order valence-electron chi connectivity index (χ3n) is 1.83. The zero-order valence-electron chi connectivity index (χ0n) is 7.39. The Morgan fingerprint density at radius 1 is 1.40 bits per heavy atom. The van der Waals surface area contributed by atoms with Crippen LogP contribution in [0.25, 0.3) is 5.69 Å². The number of hydrogen-bond donors (Lipinski definition) is 0. The van der Waals surface area contributed by atoms with Crippen LogP contribution >= 0.6 is 11.6 Å². The summed E-state index contributed by atoms with van der Waals surface area (Å²) in [5.74, 6) is -0.686. The Hall–Kier alpha value is -1.75. The van der Waals surface area contributed by atoms with E-state index in [1.165, 1.54) is 23.3 Å². The lowest BCUT2D eigenvalue weighted by Gasteiger charge is -2.03. The number of hydrogen-bond acceptors (Lipinski definition) is 3. The Bertz CT molecular complexity index is 512. The van der Waals surface area contributed by atoms with Gasteiger partial charge in [-0.3, -0.25) is 9.78 Å². The molecular formula is C9H5ClFN3O. The van der Waals surface area contributed by atoms with Gasteiger partial charge in [0.2, 0.25) is 0 Å². The van der Waals surface area contributed by atoms with E-state index in [9.17, 15) is 9.18 Å². The molecule has 76 valence electrons. The molecule has 0 saturated heterocycles. The zero-order valence-corrected chi connectivity index (χ0v) is 8.15. The molecule has 0 fully saturated rings. The zero-order chi connectivity index (χ0) is 10.8. The number of aromatic nitrogens is 3. The summed E-state index contributed by atoms with van der Waals surface area (Å²) in [7, 11) is 0. The summed E-state index contributed by atoms with van der Waals surface area (Å²) in [6, 6.07) is 0. The van der Waals surface area contributed by atoms with E-state index in [2.05, 4.69) is 10.1 Å². The fraction of sp³-hybridized carbons (Fsp3) is 0. The highest BCUT2D eigenvalue weighted by Gasteiger charge is 2.10. The average Bonchev–Trinajstić information content (AvgIpc) is 2.64. The van der Waals surface area contributed by atoms with Crippen LogP contribution < -0.4 is 0 Å². The Balaban J connectivity index is 2.62. The Morgan fingerprint density at radius 2 is 2.20 bits per heavy atom. The van der Waals surface area contributed by atoms with Crippen LogP contribution in [0.5, 0.6) is 0 Å². The van der Waals surface area contributed by atoms with Gasteiger partial charge in [0.05, 0.1) is 34.9 Å². The van der Waals surface area contributed by atoms with Crippen LogP contribution in [0.3, 0.4) is 0 Å². The van der Waals surface area contributed by atoms with Crippen molar-refractivity contribution in [2.24, 2.45) is 0 Å². The number of carbonyl (C=O) groups is 1. The van der Waals surface area contributed by atoms with E-state index in [4.69, 9.17) is 11.6 Å². The number of halogens is 2. The molecule has 0 spiro atoms. The number of carbonyl (C=O) groups excluding carboxylic acids is 1. The normalized spacial score (nSPS) is 10.3. The van der Waals surface area contributed by atoms with Crippen LogP contribution in [-0.2, 0) is 0 Å². The lowest BCUT2D eigenvalue weighted by atomic mass is 10.2. The summed E-state index contributed by atoms with van der Waals surface area (Å²) < 4.78 is 14.5. The van der Waals surface area contributed by atoms with Crippen LogP contribution in [-0.4, -0.2) is 21.1 Å². The summed E-state index contributed by atoms with van der Waals surface area (Å²) in [6.45, 7) is 0. The van der Waals surface area contributed by atoms with Crippen molar-refractivity contribution in [1.29, 1.82) is 0 Å². The molecule has 2 rings (SSSR count). The van der Waals surface area contributed by atoms with E-state index in [0.717, 1.165) is 6.20 Å². The summed E-state index contributed by atoms with van der Waals surface area (Å²) in [4.78, 5) is 14.3. The lowest BCUT2D eigenvalue weighted by molar-refractivity contribution is 0.111. The fourth-order valence-corrected chi connectivity index (χ4v) is 1.30. The molecule has 0 amide bonds. The summed E-state index contributed by atoms with van der Waals surface area (Å²) >= 11 is 5.66. The minimum atomic E-state index is -0.686. The van der Waals surface area contributed by atoms with Gasteiger partial charge in [-0.15, -0.1) is 0 Å². The monoisotopic (exact) mass is 225 g/mol. The van der Waals surface area contributed by atoms with Crippen LogP contribution in [0, 0.1) is 5.82 Å². The van der Waals surface area contributed by atoms with Crippen molar-refractivity contribution < 1.29 is 9.18 Å². The van der Waals surface area contributed by atoms with Crippen molar-refractivity contribution in [3.8, 4) is 5.69 Å². The maximum atomic E-state index is 13.2. The van der Waals surface area contributed by atoms with E-state index >= 15 is 0 Å². The Kier molecular flexibility index (Phi) is 2.47. The highest BCUT2D eigenvalue weighted by atomic mass is 35.5. The smallest absolute Gasteiger partial charge is 0.155 e. The highest BCUT2D eigenvalue weighted by Crippen LogP contribution is 2.16. The molecule has 2 aromatic rings. The Morgan fingerprint density at radius 3 is 2.80 bits per heavy atom. The van der Waals surface area contributed by atoms with Crippen LogP contribution in [0.4, 0.5) is 4.39 Å². The van der Waals surface area contributed by atoms with E-state index in [-0.39, 0.29) is 11.3 Å². The van der Waals surface area contributed by atoms with Gasteiger partial charge >= 0.3 is 0 Å². The minimum Gasteiger partial charge on any atom is -0.298 e. The third-order valence-corrected chi connectivity index (χ3v) is 2.03. The molecule has 0 atom stereocenters. The maximum Gasteiger partial charge on any atom is 0.155 e. The van der Waals surface area contributed by atoms with E-state index < -0.39 is 5.82 Å². The molecular weight excluding hydrogens is 221 g/mol. The molecule has 0 radical (unpaired) electrons. The van der Waals surface area contributed by atoms with Gasteiger partial charge in [-0.2, -0.15) is 5.10 Å². The molecule has 0 aromatic carbocycles. The molecule has 2 heterocycles. The quantitative estimate of drug-likeness (QED) is 0.733. The second-order valence-corrected chi connectivity index (χ2v) is 3.21. The van der Waals surface area contributed by atoms with Crippen molar-refractivity contribution in [2.45, 2.75) is 0 Å². The first-order chi connectivity index (χ1) is 7.22. The summed E-state index contributed by atoms with van der Waals surface area (Å²) in [5, 5.41) is 4.25. The van der Waals surface area contributed by atoms with Crippen LogP contribution in [0.15, 0.2) is 24.8 Å². The molecule has 0 unspecified atom stereocenters. The maximum absolute atomic E-state index is 13.2. The first kappa shape index (κ1) is 9.79. The molecule has 15 heavy (non-hydrogen) atoms. The molecule has 4 nitrogen and oxygen atoms in total. The number of pyridine rings is 1. The van der Waals surface area contributed by atoms with Crippen molar-refractivity contribution >= 4 is 17.9 Å². The summed E-state index contributed by atoms with van der Waals surface area (Å²) in [6.07, 6.45) is 5.59. The van der Waals surface area contributed by atoms with Gasteiger partial charge in [-0.25, -0.2) is 9.07 Å². The number of nitrogens with zero attached hydrogens (tertiary/aromatic N) is 3. The second kappa shape index (κ2) is 3.78. The number of aldehydes is 1. The van der Waals surface area contributed by atoms with Gasteiger partial charge < -0.3 is 0 Å². The van der Waals surface area contributed by atoms with Crippen molar-refractivity contribution in [2.75, 3.05) is 0 Å². The van der Waals surface area contributed by atoms with Crippen molar-refractivity contribution in [3.63, 3.8) is 0 Å². The van der Waals surface area contributed by atoms with Crippen LogP contribution in [0.1, 0.15) is 10.4 Å². The molecule has 0 aliphatic carbocycles. The highest BCUT2D eigenvalue weighted by molar-refractivity contribution is 6.30. The first-order valence-corrected chi connectivity index (χ1v) is 4.39. The molecule has 0 aliphatic heterocycles. The molecule has 0 aliphatic rings. The van der Waals surface area contributed by atoms with Gasteiger partial charge in [-0.1, -0.05) is 11.6 Å². The first-order valence-electron chi connectivity index (χ1n) is 4.01. The number of rotatable bonds is 2. The average molecular weight is 226 g/mol. The molecule has 0 saturated carbocycles. The van der Waals surface area contributed by atoms with Crippen molar-refractivity contribution in [1.82, 2.24) is 14.8 Å². The van der Waals surface area contributed by atoms with Crippen LogP contribution in [0.2, 0.25) is 5.02 Å². The van der Waals surface area contributed by atoms with Gasteiger partial charge in [-0.05, 0) is 0 Å². The predicted molar refractivity (Wildman–Crippen MR) is 51.7 cm³/mol. The largest absolute Gasteiger partial charge is 0.298 e. The molecule has 0 N–H and O–H groups in total. The third kappa shape index (κ3) is 1.73. The summed E-state index contributed by atoms with van der Waals surface area (Å²) in [5.41, 5.74) is 0.168. The van der Waals surface area contributed by atoms with Gasteiger partial charge in [0.15, 0.2) is 12.1 Å². The van der Waals surface area contributed by atoms with Gasteiger partial charge in [0.1, 0.15) is 0 Å². The standard InChI is InChI=1S/C9H5ClFN3O/c10-6-1-13-14(4-6)9-3-12-2-8(11)7(9)5-15/h1-5H. The molecule has 0 bridgehead atoms.